The quantitative estimate of drug-likeness (QED) is 0.629. The highest BCUT2D eigenvalue weighted by Crippen LogP contribution is 2.13. The summed E-state index contributed by atoms with van der Waals surface area (Å²) >= 11 is 0. The zero-order chi connectivity index (χ0) is 10.9. The largest absolute Gasteiger partial charge is 0.354 e. The Morgan fingerprint density at radius 3 is 2.60 bits per heavy atom. The summed E-state index contributed by atoms with van der Waals surface area (Å²) in [6.07, 6.45) is 0.529. The molecule has 7 heteroatoms. The summed E-state index contributed by atoms with van der Waals surface area (Å²) in [4.78, 5) is 8.68. The number of anilines is 1. The van der Waals surface area contributed by atoms with Crippen LogP contribution in [0.5, 0.6) is 0 Å². The van der Waals surface area contributed by atoms with Gasteiger partial charge in [-0.1, -0.05) is 0 Å². The monoisotopic (exact) mass is 231 g/mol. The molecule has 0 unspecified atom stereocenters. The normalized spacial score (nSPS) is 20.2. The fourth-order valence-corrected chi connectivity index (χ4v) is 2.64. The van der Waals surface area contributed by atoms with Crippen molar-refractivity contribution in [2.24, 2.45) is 0 Å². The summed E-state index contributed by atoms with van der Waals surface area (Å²) in [7, 11) is -2.91. The third kappa shape index (κ3) is 2.41. The second kappa shape index (κ2) is 3.73. The number of halogens is 1. The summed E-state index contributed by atoms with van der Waals surface area (Å²) in [5.74, 6) is 0.634. The Balaban J connectivity index is 2.14. The van der Waals surface area contributed by atoms with Gasteiger partial charge in [-0.25, -0.2) is 13.4 Å². The zero-order valence-electron chi connectivity index (χ0n) is 7.93. The van der Waals surface area contributed by atoms with Crippen LogP contribution in [0.2, 0.25) is 0 Å². The van der Waals surface area contributed by atoms with Crippen LogP contribution in [0, 0.1) is 6.08 Å². The van der Waals surface area contributed by atoms with E-state index in [4.69, 9.17) is 0 Å². The standard InChI is InChI=1S/C8H10FN3O2S/c9-8-10-2-1-7(11-8)12-3-5-15(13,14)6-4-12/h1-2H,3-6H2. The minimum atomic E-state index is -2.91. The Kier molecular flexibility index (Phi) is 2.56. The van der Waals surface area contributed by atoms with Crippen molar-refractivity contribution in [3.63, 3.8) is 0 Å². The van der Waals surface area contributed by atoms with Crippen molar-refractivity contribution in [2.75, 3.05) is 29.5 Å². The number of aromatic nitrogens is 2. The molecule has 0 N–H and O–H groups in total. The first-order chi connectivity index (χ1) is 7.07. The van der Waals surface area contributed by atoms with Crippen molar-refractivity contribution in [2.45, 2.75) is 0 Å². The Morgan fingerprint density at radius 1 is 1.33 bits per heavy atom. The molecule has 2 heterocycles. The first-order valence-electron chi connectivity index (χ1n) is 4.51. The fourth-order valence-electron chi connectivity index (χ4n) is 1.44. The van der Waals surface area contributed by atoms with Crippen LogP contribution >= 0.6 is 0 Å². The molecule has 0 atom stereocenters. The second-order valence-electron chi connectivity index (χ2n) is 3.32. The van der Waals surface area contributed by atoms with E-state index in [-0.39, 0.29) is 11.5 Å². The summed E-state index contributed by atoms with van der Waals surface area (Å²) in [5.41, 5.74) is 0. The summed E-state index contributed by atoms with van der Waals surface area (Å²) < 4.78 is 35.0. The molecule has 0 bridgehead atoms. The SMILES string of the molecule is O=S1(=O)CCN(c2ccnc(F)n2)CC1. The van der Waals surface area contributed by atoms with Gasteiger partial charge in [-0.2, -0.15) is 9.37 Å². The minimum absolute atomic E-state index is 0.0959. The smallest absolute Gasteiger partial charge is 0.310 e. The Bertz CT molecular complexity index is 449. The maximum Gasteiger partial charge on any atom is 0.310 e. The van der Waals surface area contributed by atoms with Crippen LogP contribution in [0.3, 0.4) is 0 Å². The zero-order valence-corrected chi connectivity index (χ0v) is 8.74. The molecule has 15 heavy (non-hydrogen) atoms. The van der Waals surface area contributed by atoms with Crippen molar-refractivity contribution in [3.8, 4) is 0 Å². The average molecular weight is 231 g/mol. The Hall–Kier alpha value is -1.24. The van der Waals surface area contributed by atoms with Gasteiger partial charge in [0.15, 0.2) is 9.84 Å². The van der Waals surface area contributed by atoms with Crippen LogP contribution in [-0.2, 0) is 9.84 Å². The van der Waals surface area contributed by atoms with Gasteiger partial charge < -0.3 is 4.90 Å². The maximum atomic E-state index is 12.7. The van der Waals surface area contributed by atoms with Gasteiger partial charge in [0.1, 0.15) is 5.82 Å². The van der Waals surface area contributed by atoms with Gasteiger partial charge in [0.25, 0.3) is 0 Å². The third-order valence-electron chi connectivity index (χ3n) is 2.28. The van der Waals surface area contributed by atoms with Crippen molar-refractivity contribution >= 4 is 15.7 Å². The molecule has 1 aromatic rings. The molecule has 0 aliphatic carbocycles. The van der Waals surface area contributed by atoms with Crippen molar-refractivity contribution in [1.29, 1.82) is 0 Å². The van der Waals surface area contributed by atoms with Gasteiger partial charge in [0.05, 0.1) is 11.5 Å². The van der Waals surface area contributed by atoms with Gasteiger partial charge in [0.2, 0.25) is 0 Å². The molecule has 82 valence electrons. The number of sulfone groups is 1. The Morgan fingerprint density at radius 2 is 2.00 bits per heavy atom. The average Bonchev–Trinajstić information content (AvgIpc) is 2.17. The molecule has 1 aromatic heterocycles. The van der Waals surface area contributed by atoms with E-state index in [1.807, 2.05) is 0 Å². The first-order valence-corrected chi connectivity index (χ1v) is 6.33. The van der Waals surface area contributed by atoms with E-state index in [0.29, 0.717) is 18.9 Å². The number of hydrogen-bond donors (Lipinski definition) is 0. The molecule has 0 amide bonds. The predicted octanol–water partition coefficient (Wildman–Crippen LogP) is -0.149. The van der Waals surface area contributed by atoms with Crippen LogP contribution in [-0.4, -0.2) is 43.0 Å². The number of hydrogen-bond acceptors (Lipinski definition) is 5. The maximum absolute atomic E-state index is 12.7. The highest BCUT2D eigenvalue weighted by atomic mass is 32.2. The van der Waals surface area contributed by atoms with Gasteiger partial charge in [-0.3, -0.25) is 0 Å². The van der Waals surface area contributed by atoms with Gasteiger partial charge in [-0.05, 0) is 6.07 Å². The lowest BCUT2D eigenvalue weighted by Gasteiger charge is -2.27. The van der Waals surface area contributed by atoms with Crippen LogP contribution in [0.25, 0.3) is 0 Å². The lowest BCUT2D eigenvalue weighted by molar-refractivity contribution is 0.536. The van der Waals surface area contributed by atoms with Crippen LogP contribution in [0.15, 0.2) is 12.3 Å². The van der Waals surface area contributed by atoms with E-state index < -0.39 is 15.9 Å². The molecule has 1 aliphatic heterocycles. The lowest BCUT2D eigenvalue weighted by Crippen LogP contribution is -2.40. The van der Waals surface area contributed by atoms with E-state index in [9.17, 15) is 12.8 Å². The van der Waals surface area contributed by atoms with Gasteiger partial charge in [-0.15, -0.1) is 0 Å². The summed E-state index contributed by atoms with van der Waals surface area (Å²) in [6, 6.07) is 1.57. The molecule has 2 rings (SSSR count). The van der Waals surface area contributed by atoms with E-state index >= 15 is 0 Å². The van der Waals surface area contributed by atoms with E-state index in [2.05, 4.69) is 9.97 Å². The van der Waals surface area contributed by atoms with Crippen LogP contribution < -0.4 is 4.90 Å². The molecule has 0 radical (unpaired) electrons. The summed E-state index contributed by atoms with van der Waals surface area (Å²) in [6.45, 7) is 0.720. The third-order valence-corrected chi connectivity index (χ3v) is 3.89. The molecule has 5 nitrogen and oxygen atoms in total. The van der Waals surface area contributed by atoms with Crippen LogP contribution in [0.1, 0.15) is 0 Å². The van der Waals surface area contributed by atoms with Gasteiger partial charge in [0, 0.05) is 19.3 Å². The lowest BCUT2D eigenvalue weighted by atomic mass is 10.4. The number of nitrogens with zero attached hydrogens (tertiary/aromatic N) is 3. The summed E-state index contributed by atoms with van der Waals surface area (Å²) in [5, 5.41) is 0. The molecule has 1 saturated heterocycles. The molecule has 0 aromatic carbocycles. The minimum Gasteiger partial charge on any atom is -0.354 e. The van der Waals surface area contributed by atoms with Crippen molar-refractivity contribution < 1.29 is 12.8 Å². The molecular formula is C8H10FN3O2S. The van der Waals surface area contributed by atoms with Gasteiger partial charge >= 0.3 is 6.08 Å². The molecule has 0 spiro atoms. The second-order valence-corrected chi connectivity index (χ2v) is 5.63. The fraction of sp³-hybridized carbons (Fsp3) is 0.500. The molecule has 1 aliphatic rings. The highest BCUT2D eigenvalue weighted by molar-refractivity contribution is 7.91. The van der Waals surface area contributed by atoms with Crippen LogP contribution in [0.4, 0.5) is 10.2 Å². The first kappa shape index (κ1) is 10.3. The molecular weight excluding hydrogens is 221 g/mol. The molecule has 1 fully saturated rings. The highest BCUT2D eigenvalue weighted by Gasteiger charge is 2.22. The van der Waals surface area contributed by atoms with E-state index in [1.54, 1.807) is 11.0 Å². The number of rotatable bonds is 1. The van der Waals surface area contributed by atoms with Crippen molar-refractivity contribution in [1.82, 2.24) is 9.97 Å². The predicted molar refractivity (Wildman–Crippen MR) is 52.9 cm³/mol. The Labute approximate surface area is 86.9 Å². The molecule has 0 saturated carbocycles. The van der Waals surface area contributed by atoms with E-state index in [0.717, 1.165) is 0 Å². The topological polar surface area (TPSA) is 63.2 Å². The van der Waals surface area contributed by atoms with Crippen molar-refractivity contribution in [3.05, 3.63) is 18.3 Å². The van der Waals surface area contributed by atoms with E-state index in [1.165, 1.54) is 6.20 Å².